The summed E-state index contributed by atoms with van der Waals surface area (Å²) in [5.41, 5.74) is 0.825. The number of thiophene rings is 1. The number of hydrogen-bond acceptors (Lipinski definition) is 3. The van der Waals surface area contributed by atoms with Crippen LogP contribution in [0, 0.1) is 0 Å². The topological polar surface area (TPSA) is 69.6 Å². The van der Waals surface area contributed by atoms with E-state index in [1.807, 2.05) is 11.4 Å². The molecule has 0 aliphatic heterocycles. The van der Waals surface area contributed by atoms with E-state index in [2.05, 4.69) is 5.32 Å². The van der Waals surface area contributed by atoms with Crippen molar-refractivity contribution >= 4 is 29.4 Å². The van der Waals surface area contributed by atoms with Gasteiger partial charge in [0.25, 0.3) is 0 Å². The second kappa shape index (κ2) is 6.05. The molecule has 1 heterocycles. The number of amides is 2. The molecule has 2 N–H and O–H groups in total. The fourth-order valence-corrected chi connectivity index (χ4v) is 1.86. The summed E-state index contributed by atoms with van der Waals surface area (Å²) in [7, 11) is 3.34. The zero-order valence-electron chi connectivity index (χ0n) is 9.64. The van der Waals surface area contributed by atoms with Crippen LogP contribution in [-0.2, 0) is 11.3 Å². The van der Waals surface area contributed by atoms with Gasteiger partial charge in [0, 0.05) is 25.0 Å². The van der Waals surface area contributed by atoms with Crippen molar-refractivity contribution in [3.05, 3.63) is 28.0 Å². The molecule has 0 atom stereocenters. The van der Waals surface area contributed by atoms with Gasteiger partial charge in [0.2, 0.25) is 0 Å². The summed E-state index contributed by atoms with van der Waals surface area (Å²) in [6.07, 6.45) is 2.61. The fourth-order valence-electron chi connectivity index (χ4n) is 1.07. The summed E-state index contributed by atoms with van der Waals surface area (Å²) in [5.74, 6) is -0.973. The molecule has 0 aromatic carbocycles. The number of aliphatic carboxylic acids is 1. The number of nitrogens with zero attached hydrogens (tertiary/aromatic N) is 1. The van der Waals surface area contributed by atoms with E-state index in [1.54, 1.807) is 14.1 Å². The highest BCUT2D eigenvalue weighted by molar-refractivity contribution is 7.10. The first kappa shape index (κ1) is 13.2. The lowest BCUT2D eigenvalue weighted by Gasteiger charge is -2.10. The molecule has 0 bridgehead atoms. The van der Waals surface area contributed by atoms with Gasteiger partial charge in [-0.3, -0.25) is 0 Å². The minimum absolute atomic E-state index is 0.152. The van der Waals surface area contributed by atoms with Crippen LogP contribution in [0.25, 0.3) is 6.08 Å². The number of carbonyl (C=O) groups is 2. The maximum atomic E-state index is 11.3. The molecule has 0 aliphatic rings. The number of hydrogen-bond donors (Lipinski definition) is 2. The molecule has 2 amide bonds. The minimum atomic E-state index is -0.973. The van der Waals surface area contributed by atoms with Crippen molar-refractivity contribution < 1.29 is 14.7 Å². The predicted molar refractivity (Wildman–Crippen MR) is 66.9 cm³/mol. The molecule has 1 rings (SSSR count). The van der Waals surface area contributed by atoms with E-state index in [0.717, 1.165) is 16.5 Å². The van der Waals surface area contributed by atoms with Gasteiger partial charge in [-0.15, -0.1) is 11.3 Å². The highest BCUT2D eigenvalue weighted by atomic mass is 32.1. The maximum absolute atomic E-state index is 11.3. The Bertz CT molecular complexity index is 438. The lowest BCUT2D eigenvalue weighted by Crippen LogP contribution is -2.33. The van der Waals surface area contributed by atoms with E-state index in [9.17, 15) is 9.59 Å². The molecule has 0 spiro atoms. The van der Waals surface area contributed by atoms with E-state index in [1.165, 1.54) is 22.3 Å². The molecule has 0 fully saturated rings. The van der Waals surface area contributed by atoms with E-state index < -0.39 is 5.97 Å². The number of carboxylic acids is 1. The van der Waals surface area contributed by atoms with Gasteiger partial charge in [0.15, 0.2) is 0 Å². The van der Waals surface area contributed by atoms with Crippen molar-refractivity contribution in [1.82, 2.24) is 10.2 Å². The average Bonchev–Trinajstić information content (AvgIpc) is 2.70. The van der Waals surface area contributed by atoms with Crippen molar-refractivity contribution in [1.29, 1.82) is 0 Å². The minimum Gasteiger partial charge on any atom is -0.478 e. The van der Waals surface area contributed by atoms with E-state index in [0.29, 0.717) is 6.54 Å². The molecular weight excluding hydrogens is 240 g/mol. The number of rotatable bonds is 4. The molecule has 1 aromatic rings. The van der Waals surface area contributed by atoms with Gasteiger partial charge in [-0.05, 0) is 23.1 Å². The van der Waals surface area contributed by atoms with Crippen LogP contribution in [0.3, 0.4) is 0 Å². The molecule has 0 saturated heterocycles. The summed E-state index contributed by atoms with van der Waals surface area (Å²) in [6, 6.07) is 1.70. The normalized spacial score (nSPS) is 10.5. The number of carboxylic acid groups (broad SMARTS) is 1. The van der Waals surface area contributed by atoms with Gasteiger partial charge in [-0.25, -0.2) is 9.59 Å². The van der Waals surface area contributed by atoms with Gasteiger partial charge < -0.3 is 15.3 Å². The average molecular weight is 254 g/mol. The third-order valence-corrected chi connectivity index (χ3v) is 2.87. The van der Waals surface area contributed by atoms with Crippen molar-refractivity contribution in [2.24, 2.45) is 0 Å². The van der Waals surface area contributed by atoms with Crippen LogP contribution >= 0.6 is 11.3 Å². The van der Waals surface area contributed by atoms with Gasteiger partial charge >= 0.3 is 12.0 Å². The Morgan fingerprint density at radius 2 is 2.24 bits per heavy atom. The monoisotopic (exact) mass is 254 g/mol. The molecule has 0 saturated carbocycles. The third-order valence-electron chi connectivity index (χ3n) is 1.91. The zero-order valence-corrected chi connectivity index (χ0v) is 10.5. The van der Waals surface area contributed by atoms with Crippen molar-refractivity contribution in [2.45, 2.75) is 6.54 Å². The summed E-state index contributed by atoms with van der Waals surface area (Å²) in [5, 5.41) is 13.1. The second-order valence-corrected chi connectivity index (χ2v) is 4.57. The molecular formula is C11H14N2O3S. The van der Waals surface area contributed by atoms with Gasteiger partial charge in [0.05, 0.1) is 6.54 Å². The maximum Gasteiger partial charge on any atom is 0.328 e. The van der Waals surface area contributed by atoms with Crippen LogP contribution in [0.1, 0.15) is 10.4 Å². The predicted octanol–water partition coefficient (Wildman–Crippen LogP) is 1.62. The molecule has 92 valence electrons. The lowest BCUT2D eigenvalue weighted by atomic mass is 10.3. The Morgan fingerprint density at radius 1 is 1.53 bits per heavy atom. The Hall–Kier alpha value is -1.82. The second-order valence-electron chi connectivity index (χ2n) is 3.57. The number of carbonyl (C=O) groups excluding carboxylic acids is 1. The SMILES string of the molecule is CN(C)C(=O)NCc1cc(C=CC(=O)O)cs1. The molecule has 1 aromatic heterocycles. The first-order valence-corrected chi connectivity index (χ1v) is 5.80. The fraction of sp³-hybridized carbons (Fsp3) is 0.273. The van der Waals surface area contributed by atoms with Crippen LogP contribution in [0.5, 0.6) is 0 Å². The first-order chi connectivity index (χ1) is 7.99. The van der Waals surface area contributed by atoms with Gasteiger partial charge in [-0.1, -0.05) is 0 Å². The van der Waals surface area contributed by atoms with E-state index in [4.69, 9.17) is 5.11 Å². The molecule has 6 heteroatoms. The van der Waals surface area contributed by atoms with Gasteiger partial charge in [0.1, 0.15) is 0 Å². The van der Waals surface area contributed by atoms with Crippen LogP contribution in [0.4, 0.5) is 4.79 Å². The third kappa shape index (κ3) is 4.69. The highest BCUT2D eigenvalue weighted by Crippen LogP contribution is 2.15. The van der Waals surface area contributed by atoms with Crippen LogP contribution in [0.15, 0.2) is 17.5 Å². The standard InChI is InChI=1S/C11H14N2O3S/c1-13(2)11(16)12-6-9-5-8(7-17-9)3-4-10(14)15/h3-5,7H,6H2,1-2H3,(H,12,16)(H,14,15). The Balaban J connectivity index is 2.51. The largest absolute Gasteiger partial charge is 0.478 e. The van der Waals surface area contributed by atoms with Crippen LogP contribution < -0.4 is 5.32 Å². The summed E-state index contributed by atoms with van der Waals surface area (Å²) in [6.45, 7) is 0.447. The summed E-state index contributed by atoms with van der Waals surface area (Å²) >= 11 is 1.48. The Kier molecular flexibility index (Phi) is 4.71. The van der Waals surface area contributed by atoms with Gasteiger partial charge in [-0.2, -0.15) is 0 Å². The zero-order chi connectivity index (χ0) is 12.8. The van der Waals surface area contributed by atoms with Crippen LogP contribution in [0.2, 0.25) is 0 Å². The lowest BCUT2D eigenvalue weighted by molar-refractivity contribution is -0.131. The molecule has 17 heavy (non-hydrogen) atoms. The van der Waals surface area contributed by atoms with Crippen molar-refractivity contribution in [2.75, 3.05) is 14.1 Å². The molecule has 0 aliphatic carbocycles. The summed E-state index contributed by atoms with van der Waals surface area (Å²) < 4.78 is 0. The van der Waals surface area contributed by atoms with Crippen molar-refractivity contribution in [3.8, 4) is 0 Å². The number of urea groups is 1. The number of nitrogens with one attached hydrogen (secondary N) is 1. The molecule has 5 nitrogen and oxygen atoms in total. The van der Waals surface area contributed by atoms with Crippen molar-refractivity contribution in [3.63, 3.8) is 0 Å². The quantitative estimate of drug-likeness (QED) is 0.802. The van der Waals surface area contributed by atoms with E-state index in [-0.39, 0.29) is 6.03 Å². The smallest absolute Gasteiger partial charge is 0.328 e. The van der Waals surface area contributed by atoms with Crippen LogP contribution in [-0.4, -0.2) is 36.1 Å². The Labute approximate surface area is 103 Å². The van der Waals surface area contributed by atoms with E-state index >= 15 is 0 Å². The molecule has 0 unspecified atom stereocenters. The first-order valence-electron chi connectivity index (χ1n) is 4.92. The Morgan fingerprint density at radius 3 is 2.82 bits per heavy atom. The molecule has 0 radical (unpaired) electrons. The summed E-state index contributed by atoms with van der Waals surface area (Å²) in [4.78, 5) is 24.0. The highest BCUT2D eigenvalue weighted by Gasteiger charge is 2.03.